The predicted molar refractivity (Wildman–Crippen MR) is 99.0 cm³/mol. The Hall–Kier alpha value is -3.15. The van der Waals surface area contributed by atoms with E-state index in [9.17, 15) is 13.6 Å². The maximum Gasteiger partial charge on any atom is 0.387 e. The molecule has 6 heteroatoms. The molecule has 0 spiro atoms. The van der Waals surface area contributed by atoms with Crippen molar-refractivity contribution in [2.45, 2.75) is 13.2 Å². The highest BCUT2D eigenvalue weighted by atomic mass is 19.3. The smallest absolute Gasteiger partial charge is 0.387 e. The van der Waals surface area contributed by atoms with Crippen LogP contribution < -0.4 is 9.47 Å². The maximum absolute atomic E-state index is 12.3. The number of carbonyl (C=O) groups excluding carboxylic acids is 1. The zero-order chi connectivity index (χ0) is 19.2. The molecule has 0 aliphatic carbocycles. The first kappa shape index (κ1) is 18.6. The van der Waals surface area contributed by atoms with Crippen LogP contribution in [0.2, 0.25) is 0 Å². The lowest BCUT2D eigenvalue weighted by atomic mass is 10.1. The van der Waals surface area contributed by atoms with E-state index in [2.05, 4.69) is 4.74 Å². The lowest BCUT2D eigenvalue weighted by molar-refractivity contribution is -0.132. The van der Waals surface area contributed by atoms with Gasteiger partial charge in [-0.1, -0.05) is 48.5 Å². The zero-order valence-electron chi connectivity index (χ0n) is 14.8. The van der Waals surface area contributed by atoms with Crippen LogP contribution in [0.1, 0.15) is 5.56 Å². The number of hydrogen-bond acceptors (Lipinski definition) is 3. The van der Waals surface area contributed by atoms with Crippen LogP contribution >= 0.6 is 0 Å². The highest BCUT2D eigenvalue weighted by molar-refractivity contribution is 5.88. The molecule has 0 aliphatic rings. The molecule has 0 aromatic heterocycles. The topological polar surface area (TPSA) is 38.8 Å². The Balaban J connectivity index is 1.57. The monoisotopic (exact) mass is 371 g/mol. The molecule has 140 valence electrons. The van der Waals surface area contributed by atoms with Gasteiger partial charge in [0.15, 0.2) is 6.61 Å². The molecule has 3 rings (SSSR count). The molecule has 0 radical (unpaired) electrons. The Morgan fingerprint density at radius 3 is 2.44 bits per heavy atom. The minimum atomic E-state index is -2.86. The number of carbonyl (C=O) groups is 1. The standard InChI is InChI=1S/C21H19F2NO3/c1-24(13-15-9-11-17(12-10-15)27-21(22)23)20(25)14-26-19-8-4-6-16-5-2-3-7-18(16)19/h2-12,21H,13-14H2,1H3. The van der Waals surface area contributed by atoms with Gasteiger partial charge in [0.05, 0.1) is 0 Å². The van der Waals surface area contributed by atoms with Gasteiger partial charge in [-0.3, -0.25) is 4.79 Å². The highest BCUT2D eigenvalue weighted by Crippen LogP contribution is 2.25. The summed E-state index contributed by atoms with van der Waals surface area (Å²) in [6, 6.07) is 19.7. The molecule has 0 heterocycles. The fourth-order valence-electron chi connectivity index (χ4n) is 2.71. The number of fused-ring (bicyclic) bond motifs is 1. The number of rotatable bonds is 7. The highest BCUT2D eigenvalue weighted by Gasteiger charge is 2.12. The van der Waals surface area contributed by atoms with Gasteiger partial charge >= 0.3 is 6.61 Å². The summed E-state index contributed by atoms with van der Waals surface area (Å²) in [5.41, 5.74) is 0.803. The number of hydrogen-bond donors (Lipinski definition) is 0. The fourth-order valence-corrected chi connectivity index (χ4v) is 2.71. The first-order valence-electron chi connectivity index (χ1n) is 8.41. The Bertz CT molecular complexity index is 907. The number of nitrogens with zero attached hydrogens (tertiary/aromatic N) is 1. The molecule has 4 nitrogen and oxygen atoms in total. The molecule has 0 unspecified atom stereocenters. The number of amides is 1. The second kappa shape index (κ2) is 8.49. The summed E-state index contributed by atoms with van der Waals surface area (Å²) < 4.78 is 34.4. The molecule has 27 heavy (non-hydrogen) atoms. The Labute approximate surface area is 155 Å². The summed E-state index contributed by atoms with van der Waals surface area (Å²) in [5.74, 6) is 0.557. The van der Waals surface area contributed by atoms with Crippen LogP contribution in [0.5, 0.6) is 11.5 Å². The van der Waals surface area contributed by atoms with Crippen molar-refractivity contribution in [2.24, 2.45) is 0 Å². The Morgan fingerprint density at radius 1 is 1.00 bits per heavy atom. The van der Waals surface area contributed by atoms with Crippen molar-refractivity contribution in [1.82, 2.24) is 4.90 Å². The molecule has 0 N–H and O–H groups in total. The largest absolute Gasteiger partial charge is 0.483 e. The predicted octanol–water partition coefficient (Wildman–Crippen LogP) is 4.48. The molecule has 0 aliphatic heterocycles. The molecular weight excluding hydrogens is 352 g/mol. The van der Waals surface area contributed by atoms with Crippen molar-refractivity contribution in [2.75, 3.05) is 13.7 Å². The Kier molecular flexibility index (Phi) is 5.86. The van der Waals surface area contributed by atoms with Crippen molar-refractivity contribution < 1.29 is 23.0 Å². The molecule has 0 atom stereocenters. The molecule has 0 saturated carbocycles. The summed E-state index contributed by atoms with van der Waals surface area (Å²) in [6.07, 6.45) is 0. The van der Waals surface area contributed by atoms with Gasteiger partial charge in [-0.25, -0.2) is 0 Å². The average Bonchev–Trinajstić information content (AvgIpc) is 2.67. The van der Waals surface area contributed by atoms with E-state index >= 15 is 0 Å². The summed E-state index contributed by atoms with van der Waals surface area (Å²) in [5, 5.41) is 1.99. The van der Waals surface area contributed by atoms with Crippen LogP contribution in [0.3, 0.4) is 0 Å². The fraction of sp³-hybridized carbons (Fsp3) is 0.190. The minimum Gasteiger partial charge on any atom is -0.483 e. The van der Waals surface area contributed by atoms with E-state index in [1.807, 2.05) is 42.5 Å². The van der Waals surface area contributed by atoms with Crippen molar-refractivity contribution in [3.63, 3.8) is 0 Å². The molecule has 3 aromatic rings. The number of alkyl halides is 2. The van der Waals surface area contributed by atoms with Gasteiger partial charge in [-0.2, -0.15) is 8.78 Å². The molecular formula is C21H19F2NO3. The van der Waals surface area contributed by atoms with Crippen molar-refractivity contribution >= 4 is 16.7 Å². The van der Waals surface area contributed by atoms with E-state index < -0.39 is 6.61 Å². The van der Waals surface area contributed by atoms with Crippen LogP contribution in [0.4, 0.5) is 8.78 Å². The van der Waals surface area contributed by atoms with Crippen molar-refractivity contribution in [3.05, 3.63) is 72.3 Å². The van der Waals surface area contributed by atoms with Crippen LogP contribution in [0.15, 0.2) is 66.7 Å². The average molecular weight is 371 g/mol. The molecule has 0 saturated heterocycles. The second-order valence-electron chi connectivity index (χ2n) is 6.04. The first-order chi connectivity index (χ1) is 13.0. The number of ether oxygens (including phenoxy) is 2. The van der Waals surface area contributed by atoms with Crippen LogP contribution in [-0.4, -0.2) is 31.1 Å². The minimum absolute atomic E-state index is 0.0852. The summed E-state index contributed by atoms with van der Waals surface area (Å²) >= 11 is 0. The number of benzene rings is 3. The number of halogens is 2. The zero-order valence-corrected chi connectivity index (χ0v) is 14.8. The van der Waals surface area contributed by atoms with Gasteiger partial charge in [0, 0.05) is 19.0 Å². The third-order valence-electron chi connectivity index (χ3n) is 4.09. The van der Waals surface area contributed by atoms with E-state index in [1.165, 1.54) is 17.0 Å². The van der Waals surface area contributed by atoms with E-state index in [0.29, 0.717) is 12.3 Å². The normalized spacial score (nSPS) is 10.8. The first-order valence-corrected chi connectivity index (χ1v) is 8.41. The van der Waals surface area contributed by atoms with Gasteiger partial charge < -0.3 is 14.4 Å². The third kappa shape index (κ3) is 4.94. The van der Waals surface area contributed by atoms with Crippen molar-refractivity contribution in [1.29, 1.82) is 0 Å². The van der Waals surface area contributed by atoms with Crippen LogP contribution in [0.25, 0.3) is 10.8 Å². The molecule has 0 bridgehead atoms. The van der Waals surface area contributed by atoms with Crippen LogP contribution in [-0.2, 0) is 11.3 Å². The lowest BCUT2D eigenvalue weighted by Crippen LogP contribution is -2.30. The quantitative estimate of drug-likeness (QED) is 0.615. The van der Waals surface area contributed by atoms with E-state index in [1.54, 1.807) is 19.2 Å². The van der Waals surface area contributed by atoms with E-state index in [-0.39, 0.29) is 18.3 Å². The van der Waals surface area contributed by atoms with Crippen molar-refractivity contribution in [3.8, 4) is 11.5 Å². The lowest BCUT2D eigenvalue weighted by Gasteiger charge is -2.18. The number of likely N-dealkylation sites (N-methyl/N-ethyl adjacent to an activating group) is 1. The SMILES string of the molecule is CN(Cc1ccc(OC(F)F)cc1)C(=O)COc1cccc2ccccc12. The van der Waals surface area contributed by atoms with E-state index in [0.717, 1.165) is 16.3 Å². The van der Waals surface area contributed by atoms with Gasteiger partial charge in [0.25, 0.3) is 5.91 Å². The van der Waals surface area contributed by atoms with Gasteiger partial charge in [-0.15, -0.1) is 0 Å². The van der Waals surface area contributed by atoms with Crippen LogP contribution in [0, 0.1) is 0 Å². The second-order valence-corrected chi connectivity index (χ2v) is 6.04. The molecule has 1 amide bonds. The summed E-state index contributed by atoms with van der Waals surface area (Å²) in [7, 11) is 1.67. The maximum atomic E-state index is 12.3. The van der Waals surface area contributed by atoms with Gasteiger partial charge in [0.2, 0.25) is 0 Å². The summed E-state index contributed by atoms with van der Waals surface area (Å²) in [6.45, 7) is -2.60. The Morgan fingerprint density at radius 2 is 1.70 bits per heavy atom. The third-order valence-corrected chi connectivity index (χ3v) is 4.09. The van der Waals surface area contributed by atoms with E-state index in [4.69, 9.17) is 4.74 Å². The molecule has 3 aromatic carbocycles. The van der Waals surface area contributed by atoms with Gasteiger partial charge in [0.1, 0.15) is 11.5 Å². The molecule has 0 fully saturated rings. The van der Waals surface area contributed by atoms with Gasteiger partial charge in [-0.05, 0) is 29.1 Å². The summed E-state index contributed by atoms with van der Waals surface area (Å²) in [4.78, 5) is 13.9.